The molecule has 0 fully saturated rings. The normalized spacial score (nSPS) is 12.7. The molecule has 0 aliphatic rings. The van der Waals surface area contributed by atoms with Crippen LogP contribution in [0.25, 0.3) is 0 Å². The average Bonchev–Trinajstić information content (AvgIpc) is 2.98. The van der Waals surface area contributed by atoms with Crippen molar-refractivity contribution in [3.8, 4) is 0 Å². The van der Waals surface area contributed by atoms with Crippen molar-refractivity contribution < 1.29 is 17.7 Å². The number of hydrogen-bond acceptors (Lipinski definition) is 6. The maximum Gasteiger partial charge on any atom is 0.319 e. The molecule has 2 aromatic rings. The van der Waals surface area contributed by atoms with Gasteiger partial charge in [-0.15, -0.1) is 0 Å². The summed E-state index contributed by atoms with van der Waals surface area (Å²) in [5, 5.41) is 9.10. The van der Waals surface area contributed by atoms with Gasteiger partial charge < -0.3 is 15.2 Å². The van der Waals surface area contributed by atoms with Gasteiger partial charge >= 0.3 is 16.2 Å². The Morgan fingerprint density at radius 2 is 2.00 bits per heavy atom. The molecule has 0 saturated heterocycles. The molecule has 142 valence electrons. The summed E-state index contributed by atoms with van der Waals surface area (Å²) in [4.78, 5) is 16.3. The first-order chi connectivity index (χ1) is 12.2. The summed E-state index contributed by atoms with van der Waals surface area (Å²) in [7, 11) is -0.788. The first-order valence-electron chi connectivity index (χ1n) is 7.89. The SMILES string of the molecule is CC[C@H](NC(=O)Nc1cccc(NS(=O)(=O)N(C)C)c1)c1nc(C)no1. The van der Waals surface area contributed by atoms with Crippen molar-refractivity contribution in [1.82, 2.24) is 19.8 Å². The van der Waals surface area contributed by atoms with Crippen LogP contribution in [0, 0.1) is 6.92 Å². The van der Waals surface area contributed by atoms with Crippen LogP contribution in [0.4, 0.5) is 16.2 Å². The number of nitrogens with one attached hydrogen (secondary N) is 3. The summed E-state index contributed by atoms with van der Waals surface area (Å²) in [6, 6.07) is 5.47. The Morgan fingerprint density at radius 3 is 2.58 bits per heavy atom. The molecule has 10 nitrogen and oxygen atoms in total. The van der Waals surface area contributed by atoms with E-state index in [2.05, 4.69) is 25.5 Å². The lowest BCUT2D eigenvalue weighted by Crippen LogP contribution is -2.32. The highest BCUT2D eigenvalue weighted by Crippen LogP contribution is 2.18. The molecule has 3 N–H and O–H groups in total. The van der Waals surface area contributed by atoms with Gasteiger partial charge in [-0.1, -0.05) is 18.1 Å². The molecule has 0 radical (unpaired) electrons. The first-order valence-corrected chi connectivity index (χ1v) is 9.33. The topological polar surface area (TPSA) is 129 Å². The Bertz CT molecular complexity index is 865. The standard InChI is InChI=1S/C15H22N6O4S/c1-5-13(14-16-10(2)19-25-14)18-15(22)17-11-7-6-8-12(9-11)20-26(23,24)21(3)4/h6-9,13,20H,5H2,1-4H3,(H2,17,18,22)/t13-/m0/s1. The number of carbonyl (C=O) groups excluding carboxylic acids is 1. The van der Waals surface area contributed by atoms with Gasteiger partial charge in [-0.25, -0.2) is 4.79 Å². The van der Waals surface area contributed by atoms with E-state index in [0.29, 0.717) is 29.5 Å². The average molecular weight is 382 g/mol. The van der Waals surface area contributed by atoms with Crippen LogP contribution in [0.2, 0.25) is 0 Å². The molecule has 0 aliphatic heterocycles. The summed E-state index contributed by atoms with van der Waals surface area (Å²) >= 11 is 0. The highest BCUT2D eigenvalue weighted by Gasteiger charge is 2.19. The molecule has 0 spiro atoms. The van der Waals surface area contributed by atoms with E-state index in [1.165, 1.54) is 20.2 Å². The van der Waals surface area contributed by atoms with Gasteiger partial charge in [0.1, 0.15) is 6.04 Å². The fraction of sp³-hybridized carbons (Fsp3) is 0.400. The quantitative estimate of drug-likeness (QED) is 0.670. The van der Waals surface area contributed by atoms with Crippen LogP contribution in [0.5, 0.6) is 0 Å². The summed E-state index contributed by atoms with van der Waals surface area (Å²) in [5.74, 6) is 0.814. The second kappa shape index (κ2) is 8.15. The largest absolute Gasteiger partial charge is 0.337 e. The monoisotopic (exact) mass is 382 g/mol. The van der Waals surface area contributed by atoms with Crippen LogP contribution >= 0.6 is 0 Å². The maximum atomic E-state index is 12.2. The number of nitrogens with zero attached hydrogens (tertiary/aromatic N) is 3. The number of carbonyl (C=O) groups is 1. The van der Waals surface area contributed by atoms with Gasteiger partial charge in [-0.05, 0) is 31.5 Å². The van der Waals surface area contributed by atoms with E-state index in [-0.39, 0.29) is 0 Å². The predicted molar refractivity (Wildman–Crippen MR) is 96.9 cm³/mol. The van der Waals surface area contributed by atoms with Gasteiger partial charge in [0.05, 0.1) is 5.69 Å². The molecule has 0 aliphatic carbocycles. The maximum absolute atomic E-state index is 12.2. The van der Waals surface area contributed by atoms with Crippen LogP contribution in [-0.2, 0) is 10.2 Å². The van der Waals surface area contributed by atoms with Crippen LogP contribution in [0.15, 0.2) is 28.8 Å². The fourth-order valence-corrected chi connectivity index (χ4v) is 2.63. The zero-order valence-corrected chi connectivity index (χ0v) is 15.8. The zero-order chi connectivity index (χ0) is 19.3. The first kappa shape index (κ1) is 19.7. The molecule has 2 amide bonds. The van der Waals surface area contributed by atoms with E-state index in [1.54, 1.807) is 25.1 Å². The number of aryl methyl sites for hydroxylation is 1. The molecular weight excluding hydrogens is 360 g/mol. The van der Waals surface area contributed by atoms with Crippen LogP contribution in [0.3, 0.4) is 0 Å². The van der Waals surface area contributed by atoms with Gasteiger partial charge in [-0.2, -0.15) is 17.7 Å². The zero-order valence-electron chi connectivity index (χ0n) is 15.0. The predicted octanol–water partition coefficient (Wildman–Crippen LogP) is 1.87. The van der Waals surface area contributed by atoms with Crippen molar-refractivity contribution in [2.24, 2.45) is 0 Å². The van der Waals surface area contributed by atoms with Gasteiger partial charge in [0.2, 0.25) is 5.89 Å². The molecule has 1 aromatic carbocycles. The van der Waals surface area contributed by atoms with Crippen molar-refractivity contribution >= 4 is 27.6 Å². The Morgan fingerprint density at radius 1 is 1.31 bits per heavy atom. The molecular formula is C15H22N6O4S. The lowest BCUT2D eigenvalue weighted by Gasteiger charge is -2.15. The van der Waals surface area contributed by atoms with Crippen molar-refractivity contribution in [2.45, 2.75) is 26.3 Å². The summed E-state index contributed by atoms with van der Waals surface area (Å²) in [5.41, 5.74) is 0.758. The van der Waals surface area contributed by atoms with E-state index >= 15 is 0 Å². The number of aromatic nitrogens is 2. The minimum absolute atomic E-state index is 0.327. The molecule has 0 unspecified atom stereocenters. The van der Waals surface area contributed by atoms with Crippen LogP contribution in [-0.4, -0.2) is 43.0 Å². The molecule has 0 bridgehead atoms. The summed E-state index contributed by atoms with van der Waals surface area (Å²) < 4.78 is 32.3. The third kappa shape index (κ3) is 5.17. The molecule has 2 rings (SSSR count). The number of amides is 2. The molecule has 11 heteroatoms. The van der Waals surface area contributed by atoms with E-state index < -0.39 is 22.3 Å². The van der Waals surface area contributed by atoms with Crippen molar-refractivity contribution in [3.63, 3.8) is 0 Å². The number of urea groups is 1. The highest BCUT2D eigenvalue weighted by atomic mass is 32.2. The number of benzene rings is 1. The molecule has 26 heavy (non-hydrogen) atoms. The third-order valence-corrected chi connectivity index (χ3v) is 4.86. The number of anilines is 2. The molecule has 1 heterocycles. The number of rotatable bonds is 7. The van der Waals surface area contributed by atoms with Crippen molar-refractivity contribution in [3.05, 3.63) is 36.0 Å². The Balaban J connectivity index is 2.03. The lowest BCUT2D eigenvalue weighted by molar-refractivity contribution is 0.243. The van der Waals surface area contributed by atoms with Gasteiger partial charge in [0, 0.05) is 19.8 Å². The Kier molecular flexibility index (Phi) is 6.16. The van der Waals surface area contributed by atoms with Gasteiger partial charge in [0.25, 0.3) is 0 Å². The minimum Gasteiger partial charge on any atom is -0.337 e. The smallest absolute Gasteiger partial charge is 0.319 e. The van der Waals surface area contributed by atoms with Crippen molar-refractivity contribution in [2.75, 3.05) is 24.1 Å². The summed E-state index contributed by atoms with van der Waals surface area (Å²) in [6.07, 6.45) is 0.567. The van der Waals surface area contributed by atoms with Gasteiger partial charge in [0.15, 0.2) is 5.82 Å². The summed E-state index contributed by atoms with van der Waals surface area (Å²) in [6.45, 7) is 3.57. The van der Waals surface area contributed by atoms with Crippen LogP contribution in [0.1, 0.15) is 31.1 Å². The Labute approximate surface area is 152 Å². The molecule has 0 saturated carbocycles. The minimum atomic E-state index is -3.63. The van der Waals surface area contributed by atoms with E-state index in [0.717, 1.165) is 4.31 Å². The van der Waals surface area contributed by atoms with Crippen molar-refractivity contribution in [1.29, 1.82) is 0 Å². The molecule has 1 atom stereocenters. The number of hydrogen-bond donors (Lipinski definition) is 3. The van der Waals surface area contributed by atoms with Gasteiger partial charge in [-0.3, -0.25) is 4.72 Å². The van der Waals surface area contributed by atoms with E-state index in [9.17, 15) is 13.2 Å². The third-order valence-electron chi connectivity index (χ3n) is 3.40. The fourth-order valence-electron chi connectivity index (χ4n) is 2.02. The molecule has 1 aromatic heterocycles. The second-order valence-electron chi connectivity index (χ2n) is 5.71. The Hall–Kier alpha value is -2.66. The lowest BCUT2D eigenvalue weighted by atomic mass is 10.2. The van der Waals surface area contributed by atoms with E-state index in [1.807, 2.05) is 6.92 Å². The second-order valence-corrected chi connectivity index (χ2v) is 7.59. The van der Waals surface area contributed by atoms with Crippen LogP contribution < -0.4 is 15.4 Å². The highest BCUT2D eigenvalue weighted by molar-refractivity contribution is 7.90. The van der Waals surface area contributed by atoms with E-state index in [4.69, 9.17) is 4.52 Å².